The van der Waals surface area contributed by atoms with E-state index in [1.165, 1.54) is 116 Å². The molecule has 0 spiro atoms. The first-order valence-electron chi connectivity index (χ1n) is 25.0. The van der Waals surface area contributed by atoms with Crippen LogP contribution >= 0.6 is 0 Å². The zero-order valence-electron chi connectivity index (χ0n) is 40.6. The molecule has 0 aliphatic carbocycles. The predicted molar refractivity (Wildman–Crippen MR) is 260 cm³/mol. The Bertz CT molecular complexity index is 1270. The highest BCUT2D eigenvalue weighted by Gasteiger charge is 2.51. The Kier molecular flexibility index (Phi) is 25.2. The van der Waals surface area contributed by atoms with Crippen LogP contribution in [0.4, 0.5) is 0 Å². The molecule has 4 fully saturated rings. The molecule has 358 valence electrons. The van der Waals surface area contributed by atoms with Crippen molar-refractivity contribution in [3.63, 3.8) is 0 Å². The molecular formula is C53H102N4O4. The molecule has 8 nitrogen and oxygen atoms in total. The van der Waals surface area contributed by atoms with Gasteiger partial charge in [-0.25, -0.2) is 0 Å². The van der Waals surface area contributed by atoms with Gasteiger partial charge < -0.3 is 5.32 Å². The number of carbonyl (C=O) groups is 4. The third-order valence-electron chi connectivity index (χ3n) is 14.6. The maximum absolute atomic E-state index is 13.1. The number of unbranched alkanes of at least 4 members (excludes halogenated alkanes) is 18. The van der Waals surface area contributed by atoms with Crippen LogP contribution in [-0.4, -0.2) is 79.6 Å². The number of rotatable bonds is 24. The Balaban J connectivity index is 0.000000591. The number of nitrogens with zero attached hydrogens (tertiary/aromatic N) is 3. The van der Waals surface area contributed by atoms with Crippen molar-refractivity contribution in [2.24, 2.45) is 11.8 Å². The molecule has 0 aromatic heterocycles. The Morgan fingerprint density at radius 3 is 1.05 bits per heavy atom. The van der Waals surface area contributed by atoms with Gasteiger partial charge in [0, 0.05) is 58.9 Å². The van der Waals surface area contributed by atoms with Crippen LogP contribution in [0.2, 0.25) is 0 Å². The minimum Gasteiger partial charge on any atom is -0.307 e. The van der Waals surface area contributed by atoms with E-state index in [4.69, 9.17) is 0 Å². The van der Waals surface area contributed by atoms with Crippen molar-refractivity contribution in [1.29, 1.82) is 0 Å². The topological polar surface area (TPSA) is 90.0 Å². The van der Waals surface area contributed by atoms with Crippen molar-refractivity contribution in [3.05, 3.63) is 0 Å². The van der Waals surface area contributed by atoms with E-state index in [0.29, 0.717) is 12.8 Å². The summed E-state index contributed by atoms with van der Waals surface area (Å²) in [6.45, 7) is 22.1. The van der Waals surface area contributed by atoms with Crippen molar-refractivity contribution >= 4 is 23.6 Å². The van der Waals surface area contributed by atoms with E-state index in [1.807, 2.05) is 0 Å². The summed E-state index contributed by atoms with van der Waals surface area (Å²) in [6, 6.07) is 0.0860. The number of hydrogen-bond donors (Lipinski definition) is 1. The van der Waals surface area contributed by atoms with Crippen molar-refractivity contribution in [2.45, 2.75) is 298 Å². The van der Waals surface area contributed by atoms with Gasteiger partial charge in [0.1, 0.15) is 0 Å². The molecule has 0 aromatic carbocycles. The zero-order valence-corrected chi connectivity index (χ0v) is 40.6. The lowest BCUT2D eigenvalue weighted by Gasteiger charge is -2.54. The first kappa shape index (κ1) is 57.2. The minimum absolute atomic E-state index is 0. The molecule has 2 unspecified atom stereocenters. The molecule has 4 aliphatic heterocycles. The number of carbonyl (C=O) groups excluding carboxylic acids is 4. The van der Waals surface area contributed by atoms with Crippen LogP contribution in [0, 0.1) is 11.8 Å². The molecule has 0 aromatic rings. The van der Waals surface area contributed by atoms with E-state index in [-0.39, 0.29) is 84.6 Å². The fourth-order valence-electron chi connectivity index (χ4n) is 11.4. The summed E-state index contributed by atoms with van der Waals surface area (Å²) in [7, 11) is 2.16. The molecule has 0 bridgehead atoms. The number of imide groups is 2. The second kappa shape index (κ2) is 26.9. The zero-order chi connectivity index (χ0) is 43.9. The number of likely N-dealkylation sites (tertiary alicyclic amines) is 3. The fourth-order valence-corrected chi connectivity index (χ4v) is 11.4. The van der Waals surface area contributed by atoms with E-state index in [9.17, 15) is 19.2 Å². The summed E-state index contributed by atoms with van der Waals surface area (Å²) in [6.07, 6.45) is 32.1. The number of piperidine rings is 2. The van der Waals surface area contributed by atoms with Gasteiger partial charge in [-0.2, -0.15) is 0 Å². The summed E-state index contributed by atoms with van der Waals surface area (Å²) in [5.41, 5.74) is -0.133. The van der Waals surface area contributed by atoms with E-state index >= 15 is 0 Å². The highest BCUT2D eigenvalue weighted by molar-refractivity contribution is 6.04. The molecule has 4 amide bonds. The van der Waals surface area contributed by atoms with E-state index < -0.39 is 0 Å². The van der Waals surface area contributed by atoms with Crippen LogP contribution in [0.15, 0.2) is 0 Å². The maximum atomic E-state index is 13.1. The van der Waals surface area contributed by atoms with Gasteiger partial charge in [-0.05, 0) is 101 Å². The SMILES string of the molecule is C.C.CCCCCCCCCCCCC1CC(=O)N(C2CC(C)(C)N(C)C(C)(C)C2)C1=O.CCCCCCCCCCCCC1CC(=O)N(C2CC(C)(C)NC(C)(C)C2)C1=O. The van der Waals surface area contributed by atoms with E-state index in [0.717, 1.165) is 51.4 Å². The highest BCUT2D eigenvalue weighted by Crippen LogP contribution is 2.41. The van der Waals surface area contributed by atoms with Gasteiger partial charge in [0.05, 0.1) is 0 Å². The summed E-state index contributed by atoms with van der Waals surface area (Å²) < 4.78 is 0. The van der Waals surface area contributed by atoms with Gasteiger partial charge in [0.15, 0.2) is 0 Å². The van der Waals surface area contributed by atoms with Crippen LogP contribution in [0.25, 0.3) is 0 Å². The minimum atomic E-state index is -0.0718. The molecule has 2 atom stereocenters. The van der Waals surface area contributed by atoms with Gasteiger partial charge in [-0.15, -0.1) is 0 Å². The van der Waals surface area contributed by atoms with Crippen molar-refractivity contribution in [2.75, 3.05) is 7.05 Å². The molecule has 4 saturated heterocycles. The second-order valence-corrected chi connectivity index (χ2v) is 22.1. The lowest BCUT2D eigenvalue weighted by Crippen LogP contribution is -2.63. The maximum Gasteiger partial charge on any atom is 0.233 e. The molecule has 1 N–H and O–H groups in total. The standard InChI is InChI=1S/C26H48N2O2.C25H46N2O2.2CH4/c1-7-8-9-10-11-12-13-14-15-16-17-21-18-23(29)28(24(21)30)22-19-25(2,3)27(6)26(4,5)20-22;1-6-7-8-9-10-11-12-13-14-15-16-20-17-22(28)27(23(20)29)21-18-24(2,3)26-25(4,5)19-21;;/h21-22H,7-20H2,1-6H3;20-21,26H,6-19H2,1-5H3;2*1H4. The molecule has 8 heteroatoms. The largest absolute Gasteiger partial charge is 0.307 e. The van der Waals surface area contributed by atoms with Crippen LogP contribution in [0.1, 0.15) is 264 Å². The Morgan fingerprint density at radius 2 is 0.738 bits per heavy atom. The molecule has 61 heavy (non-hydrogen) atoms. The Hall–Kier alpha value is -1.80. The summed E-state index contributed by atoms with van der Waals surface area (Å²) >= 11 is 0. The van der Waals surface area contributed by atoms with Gasteiger partial charge in [0.2, 0.25) is 23.6 Å². The first-order chi connectivity index (χ1) is 27.7. The summed E-state index contributed by atoms with van der Waals surface area (Å²) in [5, 5.41) is 3.65. The Morgan fingerprint density at radius 1 is 0.459 bits per heavy atom. The van der Waals surface area contributed by atoms with Crippen LogP contribution in [-0.2, 0) is 19.2 Å². The van der Waals surface area contributed by atoms with Crippen molar-refractivity contribution in [3.8, 4) is 0 Å². The first-order valence-corrected chi connectivity index (χ1v) is 25.0. The van der Waals surface area contributed by atoms with Crippen LogP contribution in [0.3, 0.4) is 0 Å². The fraction of sp³-hybridized carbons (Fsp3) is 0.925. The molecule has 4 aliphatic rings. The number of amides is 4. The molecule has 0 radical (unpaired) electrons. The molecule has 4 heterocycles. The monoisotopic (exact) mass is 859 g/mol. The summed E-state index contributed by atoms with van der Waals surface area (Å²) in [4.78, 5) is 57.3. The Labute approximate surface area is 378 Å². The highest BCUT2D eigenvalue weighted by atomic mass is 16.2. The van der Waals surface area contributed by atoms with Crippen molar-refractivity contribution < 1.29 is 19.2 Å². The average Bonchev–Trinajstić information content (AvgIpc) is 3.58. The lowest BCUT2D eigenvalue weighted by molar-refractivity contribution is -0.147. The quantitative estimate of drug-likeness (QED) is 0.0768. The third-order valence-corrected chi connectivity index (χ3v) is 14.6. The molecule has 4 rings (SSSR count). The van der Waals surface area contributed by atoms with Crippen LogP contribution < -0.4 is 5.32 Å². The predicted octanol–water partition coefficient (Wildman–Crippen LogP) is 13.6. The third kappa shape index (κ3) is 18.3. The number of nitrogens with one attached hydrogen (secondary N) is 1. The average molecular weight is 859 g/mol. The van der Waals surface area contributed by atoms with Gasteiger partial charge in [-0.3, -0.25) is 33.9 Å². The van der Waals surface area contributed by atoms with E-state index in [1.54, 1.807) is 9.80 Å². The smallest absolute Gasteiger partial charge is 0.233 e. The summed E-state index contributed by atoms with van der Waals surface area (Å²) in [5.74, 6) is 0.195. The normalized spacial score (nSPS) is 23.8. The molecular weight excluding hydrogens is 757 g/mol. The van der Waals surface area contributed by atoms with Crippen LogP contribution in [0.5, 0.6) is 0 Å². The number of hydrogen-bond acceptors (Lipinski definition) is 6. The molecule has 0 saturated carbocycles. The van der Waals surface area contributed by atoms with Crippen molar-refractivity contribution in [1.82, 2.24) is 20.0 Å². The van der Waals surface area contributed by atoms with E-state index in [2.05, 4.69) is 86.5 Å². The second-order valence-electron chi connectivity index (χ2n) is 22.1. The lowest BCUT2D eigenvalue weighted by atomic mass is 9.77. The van der Waals surface area contributed by atoms with Gasteiger partial charge in [0.25, 0.3) is 0 Å². The van der Waals surface area contributed by atoms with Gasteiger partial charge >= 0.3 is 0 Å². The van der Waals surface area contributed by atoms with Gasteiger partial charge in [-0.1, -0.05) is 157 Å².